The summed E-state index contributed by atoms with van der Waals surface area (Å²) in [7, 11) is 0. The minimum absolute atomic E-state index is 0.205. The molecule has 2 heterocycles. The van der Waals surface area contributed by atoms with E-state index in [9.17, 15) is 4.39 Å². The second kappa shape index (κ2) is 4.13. The molecule has 1 aliphatic rings. The molecule has 1 fully saturated rings. The van der Waals surface area contributed by atoms with Crippen LogP contribution in [0.2, 0.25) is 0 Å². The molecule has 4 rings (SSSR count). The van der Waals surface area contributed by atoms with Crippen LogP contribution in [0.4, 0.5) is 4.39 Å². The van der Waals surface area contributed by atoms with Gasteiger partial charge in [-0.1, -0.05) is 6.92 Å². The fourth-order valence-electron chi connectivity index (χ4n) is 2.75. The first-order valence-electron chi connectivity index (χ1n) is 7.19. The highest BCUT2D eigenvalue weighted by atomic mass is 19.1. The first-order chi connectivity index (χ1) is 10.0. The number of aryl methyl sites for hydroxylation is 1. The van der Waals surface area contributed by atoms with Crippen LogP contribution in [0.1, 0.15) is 31.0 Å². The maximum absolute atomic E-state index is 13.1. The molecule has 0 atom stereocenters. The summed E-state index contributed by atoms with van der Waals surface area (Å²) in [6, 6.07) is 8.60. The van der Waals surface area contributed by atoms with Gasteiger partial charge in [-0.2, -0.15) is 5.10 Å². The lowest BCUT2D eigenvalue weighted by molar-refractivity contribution is 0.628. The van der Waals surface area contributed by atoms with Gasteiger partial charge in [0.25, 0.3) is 0 Å². The molecule has 0 bridgehead atoms. The van der Waals surface area contributed by atoms with Crippen LogP contribution in [0.5, 0.6) is 0 Å². The van der Waals surface area contributed by atoms with E-state index in [0.29, 0.717) is 0 Å². The fraction of sp³-hybridized carbons (Fsp3) is 0.294. The fourth-order valence-corrected chi connectivity index (χ4v) is 2.75. The summed E-state index contributed by atoms with van der Waals surface area (Å²) in [4.78, 5) is 4.61. The zero-order valence-corrected chi connectivity index (χ0v) is 12.1. The van der Waals surface area contributed by atoms with Gasteiger partial charge < -0.3 is 0 Å². The lowest BCUT2D eigenvalue weighted by Gasteiger charge is -2.12. The van der Waals surface area contributed by atoms with Crippen molar-refractivity contribution >= 4 is 5.65 Å². The zero-order chi connectivity index (χ0) is 14.6. The summed E-state index contributed by atoms with van der Waals surface area (Å²) in [5, 5.41) is 4.63. The van der Waals surface area contributed by atoms with Gasteiger partial charge in [-0.05, 0) is 55.5 Å². The number of nitrogens with zero attached hydrogens (tertiary/aromatic N) is 3. The van der Waals surface area contributed by atoms with Crippen LogP contribution in [0.3, 0.4) is 0 Å². The van der Waals surface area contributed by atoms with E-state index >= 15 is 0 Å². The van der Waals surface area contributed by atoms with Crippen molar-refractivity contribution < 1.29 is 4.39 Å². The molecule has 1 aromatic carbocycles. The number of hydrogen-bond acceptors (Lipinski definition) is 2. The van der Waals surface area contributed by atoms with E-state index in [2.05, 4.69) is 23.1 Å². The molecule has 0 spiro atoms. The van der Waals surface area contributed by atoms with Gasteiger partial charge in [-0.15, -0.1) is 0 Å². The van der Waals surface area contributed by atoms with E-state index in [1.165, 1.54) is 30.5 Å². The molecule has 106 valence electrons. The maximum Gasteiger partial charge on any atom is 0.157 e. The monoisotopic (exact) mass is 281 g/mol. The molecule has 0 saturated heterocycles. The van der Waals surface area contributed by atoms with Crippen LogP contribution >= 0.6 is 0 Å². The second-order valence-electron chi connectivity index (χ2n) is 6.16. The van der Waals surface area contributed by atoms with Crippen LogP contribution in [0, 0.1) is 12.7 Å². The van der Waals surface area contributed by atoms with Gasteiger partial charge in [-0.25, -0.2) is 13.9 Å². The van der Waals surface area contributed by atoms with E-state index in [4.69, 9.17) is 0 Å². The third kappa shape index (κ3) is 2.02. The van der Waals surface area contributed by atoms with E-state index in [1.807, 2.05) is 17.6 Å². The molecule has 21 heavy (non-hydrogen) atoms. The van der Waals surface area contributed by atoms with Crippen LogP contribution in [0.25, 0.3) is 16.9 Å². The van der Waals surface area contributed by atoms with Crippen LogP contribution in [-0.2, 0) is 5.41 Å². The van der Waals surface area contributed by atoms with Crippen molar-refractivity contribution in [2.45, 2.75) is 32.1 Å². The second-order valence-corrected chi connectivity index (χ2v) is 6.16. The minimum Gasteiger partial charge on any atom is -0.232 e. The SMILES string of the molecule is Cc1cn2nc(-c3ccc(F)cc3)cc(C3(C)CC3)c2n1. The van der Waals surface area contributed by atoms with Gasteiger partial charge in [0.05, 0.1) is 17.6 Å². The molecular weight excluding hydrogens is 265 g/mol. The summed E-state index contributed by atoms with van der Waals surface area (Å²) in [5.74, 6) is -0.229. The summed E-state index contributed by atoms with van der Waals surface area (Å²) >= 11 is 0. The number of imidazole rings is 1. The van der Waals surface area contributed by atoms with Gasteiger partial charge in [0.15, 0.2) is 5.65 Å². The van der Waals surface area contributed by atoms with E-state index in [1.54, 1.807) is 12.1 Å². The molecule has 0 amide bonds. The average molecular weight is 281 g/mol. The number of aromatic nitrogens is 3. The Bertz CT molecular complexity index is 829. The number of rotatable bonds is 2. The van der Waals surface area contributed by atoms with Crippen molar-refractivity contribution in [3.05, 3.63) is 53.6 Å². The molecular formula is C17H16FN3. The third-order valence-electron chi connectivity index (χ3n) is 4.34. The third-order valence-corrected chi connectivity index (χ3v) is 4.34. The Morgan fingerprint density at radius 3 is 2.57 bits per heavy atom. The smallest absolute Gasteiger partial charge is 0.157 e. The summed E-state index contributed by atoms with van der Waals surface area (Å²) in [6.07, 6.45) is 4.31. The number of hydrogen-bond donors (Lipinski definition) is 0. The quantitative estimate of drug-likeness (QED) is 0.713. The van der Waals surface area contributed by atoms with Crippen molar-refractivity contribution in [2.75, 3.05) is 0 Å². The summed E-state index contributed by atoms with van der Waals surface area (Å²) < 4.78 is 15.0. The zero-order valence-electron chi connectivity index (χ0n) is 12.1. The summed E-state index contributed by atoms with van der Waals surface area (Å²) in [6.45, 7) is 4.24. The Labute approximate surface area is 122 Å². The van der Waals surface area contributed by atoms with Crippen LogP contribution in [0.15, 0.2) is 36.5 Å². The van der Waals surface area contributed by atoms with E-state index < -0.39 is 0 Å². The van der Waals surface area contributed by atoms with Crippen molar-refractivity contribution in [1.82, 2.24) is 14.6 Å². The number of benzene rings is 1. The highest BCUT2D eigenvalue weighted by Crippen LogP contribution is 2.49. The van der Waals surface area contributed by atoms with Crippen LogP contribution in [-0.4, -0.2) is 14.6 Å². The number of halogens is 1. The molecule has 0 unspecified atom stereocenters. The number of fused-ring (bicyclic) bond motifs is 1. The van der Waals surface area contributed by atoms with Crippen LogP contribution < -0.4 is 0 Å². The van der Waals surface area contributed by atoms with Gasteiger partial charge in [0.1, 0.15) is 5.82 Å². The average Bonchev–Trinajstić information content (AvgIpc) is 3.09. The Morgan fingerprint density at radius 1 is 1.19 bits per heavy atom. The molecule has 0 N–H and O–H groups in total. The lowest BCUT2D eigenvalue weighted by Crippen LogP contribution is -2.06. The van der Waals surface area contributed by atoms with E-state index in [0.717, 1.165) is 22.6 Å². The largest absolute Gasteiger partial charge is 0.232 e. The predicted octanol–water partition coefficient (Wildman–Crippen LogP) is 3.90. The molecule has 0 radical (unpaired) electrons. The Balaban J connectivity index is 1.96. The Morgan fingerprint density at radius 2 is 1.90 bits per heavy atom. The standard InChI is InChI=1S/C17H16FN3/c1-11-10-21-16(19-11)14(17(2)7-8-17)9-15(20-21)12-3-5-13(18)6-4-12/h3-6,9-10H,7-8H2,1-2H3. The molecule has 0 aliphatic heterocycles. The van der Waals surface area contributed by atoms with Crippen molar-refractivity contribution in [3.63, 3.8) is 0 Å². The molecule has 4 heteroatoms. The first kappa shape index (κ1) is 12.5. The van der Waals surface area contributed by atoms with Gasteiger partial charge in [0.2, 0.25) is 0 Å². The highest BCUT2D eigenvalue weighted by molar-refractivity contribution is 5.65. The summed E-state index contributed by atoms with van der Waals surface area (Å²) in [5.41, 5.74) is 5.14. The molecule has 3 aromatic rings. The van der Waals surface area contributed by atoms with Crippen molar-refractivity contribution in [3.8, 4) is 11.3 Å². The normalized spacial score (nSPS) is 16.3. The first-order valence-corrected chi connectivity index (χ1v) is 7.19. The van der Waals surface area contributed by atoms with Gasteiger partial charge >= 0.3 is 0 Å². The lowest BCUT2D eigenvalue weighted by atomic mass is 9.98. The van der Waals surface area contributed by atoms with Gasteiger partial charge in [-0.3, -0.25) is 0 Å². The van der Waals surface area contributed by atoms with Crippen molar-refractivity contribution in [2.24, 2.45) is 0 Å². The topological polar surface area (TPSA) is 30.2 Å². The minimum atomic E-state index is -0.229. The molecule has 1 saturated carbocycles. The van der Waals surface area contributed by atoms with Gasteiger partial charge in [0, 0.05) is 11.1 Å². The van der Waals surface area contributed by atoms with Crippen molar-refractivity contribution in [1.29, 1.82) is 0 Å². The Hall–Kier alpha value is -2.23. The molecule has 2 aromatic heterocycles. The highest BCUT2D eigenvalue weighted by Gasteiger charge is 2.41. The Kier molecular flexibility index (Phi) is 2.46. The molecule has 3 nitrogen and oxygen atoms in total. The van der Waals surface area contributed by atoms with E-state index in [-0.39, 0.29) is 11.2 Å². The maximum atomic E-state index is 13.1. The molecule has 1 aliphatic carbocycles. The predicted molar refractivity (Wildman–Crippen MR) is 79.7 cm³/mol.